The van der Waals surface area contributed by atoms with Crippen molar-refractivity contribution in [3.8, 4) is 0 Å². The van der Waals surface area contributed by atoms with Gasteiger partial charge in [0.15, 0.2) is 0 Å². The molecule has 0 bridgehead atoms. The number of benzene rings is 1. The summed E-state index contributed by atoms with van der Waals surface area (Å²) in [4.78, 5) is 3.78. The Hall–Kier alpha value is -1.78. The molecule has 0 saturated carbocycles. The average molecular weight is 226 g/mol. The molecule has 0 spiro atoms. The molecule has 0 amide bonds. The molecule has 2 N–H and O–H groups in total. The summed E-state index contributed by atoms with van der Waals surface area (Å²) in [5.74, 6) is -0.455. The van der Waals surface area contributed by atoms with Crippen molar-refractivity contribution in [3.63, 3.8) is 0 Å². The van der Waals surface area contributed by atoms with E-state index >= 15 is 0 Å². The van der Waals surface area contributed by atoms with Gasteiger partial charge in [0.2, 0.25) is 0 Å². The smallest absolute Gasteiger partial charge is 0.280 e. The summed E-state index contributed by atoms with van der Waals surface area (Å²) in [7, 11) is 0. The van der Waals surface area contributed by atoms with Gasteiger partial charge in [0.05, 0.1) is 5.52 Å². The predicted molar refractivity (Wildman–Crippen MR) is 55.8 cm³/mol. The van der Waals surface area contributed by atoms with E-state index < -0.39 is 12.2 Å². The number of hydrogen-bond donors (Lipinski definition) is 1. The summed E-state index contributed by atoms with van der Waals surface area (Å²) >= 11 is 0. The number of nitrogens with two attached hydrogens (primary N) is 1. The molecule has 1 aromatic heterocycles. The highest BCUT2D eigenvalue weighted by atomic mass is 19.3. The number of rotatable bonds is 1. The minimum atomic E-state index is -2.68. The summed E-state index contributed by atoms with van der Waals surface area (Å²) in [6.45, 7) is 1.60. The summed E-state index contributed by atoms with van der Waals surface area (Å²) < 4.78 is 38.1. The molecule has 16 heavy (non-hydrogen) atoms. The summed E-state index contributed by atoms with van der Waals surface area (Å²) in [6, 6.07) is 3.51. The Bertz CT molecular complexity index is 552. The Morgan fingerprint density at radius 1 is 1.25 bits per heavy atom. The molecule has 2 rings (SSSR count). The van der Waals surface area contributed by atoms with Crippen LogP contribution in [0.2, 0.25) is 0 Å². The largest absolute Gasteiger partial charge is 0.398 e. The number of hydrogen-bond acceptors (Lipinski definition) is 2. The third-order valence-electron chi connectivity index (χ3n) is 2.34. The van der Waals surface area contributed by atoms with E-state index in [9.17, 15) is 13.2 Å². The minimum Gasteiger partial charge on any atom is -0.398 e. The molecular weight excluding hydrogens is 217 g/mol. The Balaban J connectivity index is 2.82. The van der Waals surface area contributed by atoms with Crippen molar-refractivity contribution in [1.29, 1.82) is 0 Å². The number of anilines is 1. The first kappa shape index (κ1) is 10.7. The number of aromatic nitrogens is 1. The van der Waals surface area contributed by atoms with Gasteiger partial charge >= 0.3 is 0 Å². The van der Waals surface area contributed by atoms with E-state index in [1.165, 1.54) is 12.1 Å². The van der Waals surface area contributed by atoms with Gasteiger partial charge in [0, 0.05) is 11.1 Å². The van der Waals surface area contributed by atoms with Crippen LogP contribution in [0.5, 0.6) is 0 Å². The van der Waals surface area contributed by atoms with Crippen molar-refractivity contribution in [3.05, 3.63) is 35.3 Å². The lowest BCUT2D eigenvalue weighted by atomic mass is 10.1. The van der Waals surface area contributed by atoms with Crippen LogP contribution < -0.4 is 5.73 Å². The van der Waals surface area contributed by atoms with Crippen LogP contribution in [0.25, 0.3) is 10.9 Å². The molecule has 5 heteroatoms. The van der Waals surface area contributed by atoms with Crippen molar-refractivity contribution in [2.75, 3.05) is 5.73 Å². The van der Waals surface area contributed by atoms with Gasteiger partial charge in [0.1, 0.15) is 11.5 Å². The highest BCUT2D eigenvalue weighted by Gasteiger charge is 2.13. The predicted octanol–water partition coefficient (Wildman–Crippen LogP) is 3.20. The fourth-order valence-corrected chi connectivity index (χ4v) is 1.61. The molecule has 1 aromatic carbocycles. The van der Waals surface area contributed by atoms with Crippen LogP contribution in [0.15, 0.2) is 18.2 Å². The van der Waals surface area contributed by atoms with Gasteiger partial charge in [-0.25, -0.2) is 18.2 Å². The fourth-order valence-electron chi connectivity index (χ4n) is 1.61. The summed E-state index contributed by atoms with van der Waals surface area (Å²) in [5.41, 5.74) is 6.12. The van der Waals surface area contributed by atoms with Gasteiger partial charge in [-0.2, -0.15) is 0 Å². The zero-order valence-corrected chi connectivity index (χ0v) is 8.47. The molecule has 0 unspecified atom stereocenters. The summed E-state index contributed by atoms with van der Waals surface area (Å²) in [6.07, 6.45) is -2.68. The van der Waals surface area contributed by atoms with Crippen LogP contribution in [-0.2, 0) is 0 Å². The molecule has 0 radical (unpaired) electrons. The summed E-state index contributed by atoms with van der Waals surface area (Å²) in [5, 5.41) is 0.363. The molecule has 2 aromatic rings. The molecule has 0 aliphatic heterocycles. The Kier molecular flexibility index (Phi) is 2.46. The zero-order chi connectivity index (χ0) is 11.9. The van der Waals surface area contributed by atoms with E-state index in [1.807, 2.05) is 0 Å². The van der Waals surface area contributed by atoms with E-state index in [0.29, 0.717) is 16.5 Å². The van der Waals surface area contributed by atoms with Crippen molar-refractivity contribution in [1.82, 2.24) is 4.98 Å². The molecule has 0 saturated heterocycles. The number of nitrogen functional groups attached to an aromatic ring is 1. The lowest BCUT2D eigenvalue weighted by Crippen LogP contribution is -1.98. The third-order valence-corrected chi connectivity index (χ3v) is 2.34. The zero-order valence-electron chi connectivity index (χ0n) is 8.47. The maximum absolute atomic E-state index is 13.1. The quantitative estimate of drug-likeness (QED) is 0.810. The Labute approximate surface area is 89.9 Å². The Morgan fingerprint density at radius 3 is 2.56 bits per heavy atom. The van der Waals surface area contributed by atoms with Crippen LogP contribution in [0, 0.1) is 12.7 Å². The normalized spacial score (nSPS) is 11.3. The van der Waals surface area contributed by atoms with Gasteiger partial charge in [-0.1, -0.05) is 0 Å². The molecule has 0 aliphatic carbocycles. The molecule has 84 valence electrons. The van der Waals surface area contributed by atoms with Crippen molar-refractivity contribution < 1.29 is 13.2 Å². The second kappa shape index (κ2) is 3.66. The first-order chi connectivity index (χ1) is 7.49. The van der Waals surface area contributed by atoms with E-state index in [4.69, 9.17) is 5.73 Å². The third kappa shape index (κ3) is 1.68. The molecule has 0 aliphatic rings. The maximum Gasteiger partial charge on any atom is 0.280 e. The number of halogens is 3. The minimum absolute atomic E-state index is 0.114. The number of fused-ring (bicyclic) bond motifs is 1. The van der Waals surface area contributed by atoms with Crippen molar-refractivity contribution >= 4 is 16.6 Å². The van der Waals surface area contributed by atoms with Crippen LogP contribution in [0.1, 0.15) is 17.7 Å². The topological polar surface area (TPSA) is 38.9 Å². The van der Waals surface area contributed by atoms with Gasteiger partial charge in [0.25, 0.3) is 6.43 Å². The first-order valence-corrected chi connectivity index (χ1v) is 4.63. The van der Waals surface area contributed by atoms with Crippen LogP contribution in [-0.4, -0.2) is 4.98 Å². The van der Waals surface area contributed by atoms with Crippen LogP contribution in [0.3, 0.4) is 0 Å². The number of pyridine rings is 1. The van der Waals surface area contributed by atoms with E-state index in [2.05, 4.69) is 4.98 Å². The molecular formula is C11H9F3N2. The molecule has 2 nitrogen and oxygen atoms in total. The number of nitrogens with zero attached hydrogens (tertiary/aromatic N) is 1. The fraction of sp³-hybridized carbons (Fsp3) is 0.182. The first-order valence-electron chi connectivity index (χ1n) is 4.63. The molecule has 0 fully saturated rings. The Morgan fingerprint density at radius 2 is 1.94 bits per heavy atom. The van der Waals surface area contributed by atoms with E-state index in [0.717, 1.165) is 6.07 Å². The SMILES string of the molecule is Cc1cc(F)cc2c(N)cc(C(F)F)nc12. The number of alkyl halides is 2. The highest BCUT2D eigenvalue weighted by molar-refractivity contribution is 5.92. The number of aryl methyl sites for hydroxylation is 1. The monoisotopic (exact) mass is 226 g/mol. The van der Waals surface area contributed by atoms with Crippen LogP contribution in [0.4, 0.5) is 18.9 Å². The van der Waals surface area contributed by atoms with E-state index in [1.54, 1.807) is 6.92 Å². The van der Waals surface area contributed by atoms with Crippen molar-refractivity contribution in [2.24, 2.45) is 0 Å². The second-order valence-electron chi connectivity index (χ2n) is 3.56. The van der Waals surface area contributed by atoms with E-state index in [-0.39, 0.29) is 11.4 Å². The lowest BCUT2D eigenvalue weighted by Gasteiger charge is -2.08. The molecule has 1 heterocycles. The maximum atomic E-state index is 13.1. The average Bonchev–Trinajstić information content (AvgIpc) is 2.19. The van der Waals surface area contributed by atoms with Gasteiger partial charge < -0.3 is 5.73 Å². The van der Waals surface area contributed by atoms with Gasteiger partial charge in [-0.15, -0.1) is 0 Å². The molecule has 0 atom stereocenters. The standard InChI is InChI=1S/C11H9F3N2/c1-5-2-6(12)3-7-8(15)4-9(11(13)14)16-10(5)7/h2-4,11H,1H3,(H2,15,16). The van der Waals surface area contributed by atoms with Gasteiger partial charge in [-0.3, -0.25) is 0 Å². The van der Waals surface area contributed by atoms with Crippen LogP contribution >= 0.6 is 0 Å². The second-order valence-corrected chi connectivity index (χ2v) is 3.56. The van der Waals surface area contributed by atoms with Crippen molar-refractivity contribution in [2.45, 2.75) is 13.3 Å². The van der Waals surface area contributed by atoms with Gasteiger partial charge in [-0.05, 0) is 30.7 Å². The highest BCUT2D eigenvalue weighted by Crippen LogP contribution is 2.28. The lowest BCUT2D eigenvalue weighted by molar-refractivity contribution is 0.146.